The van der Waals surface area contributed by atoms with E-state index in [-0.39, 0.29) is 70.7 Å². The molecule has 0 aliphatic carbocycles. The highest BCUT2D eigenvalue weighted by Gasteiger charge is 2.44. The molecule has 0 saturated heterocycles. The molecule has 0 rings (SSSR count). The minimum absolute atomic E-state index is 0.000813. The third kappa shape index (κ3) is 19.2. The van der Waals surface area contributed by atoms with Crippen molar-refractivity contribution < 1.29 is 38.1 Å². The molecule has 10 unspecified atom stereocenters. The van der Waals surface area contributed by atoms with Crippen LogP contribution in [0.5, 0.6) is 0 Å². The molecule has 10 atom stereocenters. The van der Waals surface area contributed by atoms with Gasteiger partial charge in [-0.15, -0.1) is 0 Å². The lowest BCUT2D eigenvalue weighted by atomic mass is 9.81. The Hall–Kier alpha value is -2.03. The maximum Gasteiger partial charge on any atom is 0.404 e. The molecule has 0 aromatic carbocycles. The van der Waals surface area contributed by atoms with Crippen molar-refractivity contribution >= 4 is 28.7 Å². The Bertz CT molecular complexity index is 1280. The van der Waals surface area contributed by atoms with Gasteiger partial charge in [0.05, 0.1) is 31.0 Å². The van der Waals surface area contributed by atoms with Crippen LogP contribution in [-0.4, -0.2) is 76.0 Å². The van der Waals surface area contributed by atoms with Gasteiger partial charge in [0.2, 0.25) is 0 Å². The zero-order chi connectivity index (χ0) is 43.8. The lowest BCUT2D eigenvalue weighted by Gasteiger charge is -2.45. The van der Waals surface area contributed by atoms with Crippen molar-refractivity contribution in [1.29, 1.82) is 0 Å². The van der Waals surface area contributed by atoms with E-state index in [1.54, 1.807) is 19.1 Å². The predicted molar refractivity (Wildman–Crippen MR) is 238 cm³/mol. The average Bonchev–Trinajstić information content (AvgIpc) is 3.04. The fraction of sp³-hybridized carbons (Fsp3) is 0.778. The highest BCUT2D eigenvalue weighted by Crippen LogP contribution is 2.42. The normalized spacial score (nSPS) is 19.1. The molecule has 1 amide bonds. The summed E-state index contributed by atoms with van der Waals surface area (Å²) >= 11 is 0. The zero-order valence-corrected chi connectivity index (χ0v) is 40.6. The third-order valence-electron chi connectivity index (χ3n) is 12.0. The molecule has 9 nitrogen and oxygen atoms in total. The molecular formula is C45H85NO8Si2. The van der Waals surface area contributed by atoms with Crippen molar-refractivity contribution in [2.24, 2.45) is 35.3 Å². The summed E-state index contributed by atoms with van der Waals surface area (Å²) in [5.74, 6) is -0.409. The Balaban J connectivity index is 6.53. The Morgan fingerprint density at radius 3 is 1.80 bits per heavy atom. The van der Waals surface area contributed by atoms with Crippen molar-refractivity contribution in [1.82, 2.24) is 0 Å². The number of esters is 1. The van der Waals surface area contributed by atoms with Gasteiger partial charge in [-0.25, -0.2) is 4.79 Å². The van der Waals surface area contributed by atoms with Crippen LogP contribution in [0.25, 0.3) is 0 Å². The fourth-order valence-electron chi connectivity index (χ4n) is 6.69. The summed E-state index contributed by atoms with van der Waals surface area (Å²) in [5, 5.41) is 21.4. The summed E-state index contributed by atoms with van der Waals surface area (Å²) in [6.07, 6.45) is 10.6. The van der Waals surface area contributed by atoms with Gasteiger partial charge in [-0.1, -0.05) is 125 Å². The van der Waals surface area contributed by atoms with Crippen molar-refractivity contribution in [3.8, 4) is 0 Å². The number of amides is 1. The maximum atomic E-state index is 12.2. The first-order valence-corrected chi connectivity index (χ1v) is 26.8. The van der Waals surface area contributed by atoms with E-state index in [4.69, 9.17) is 24.1 Å². The van der Waals surface area contributed by atoms with Crippen LogP contribution in [0.15, 0.2) is 48.6 Å². The highest BCUT2D eigenvalue weighted by atomic mass is 28.4. The van der Waals surface area contributed by atoms with Gasteiger partial charge in [0, 0.05) is 24.7 Å². The maximum absolute atomic E-state index is 12.2. The van der Waals surface area contributed by atoms with Crippen LogP contribution in [0.1, 0.15) is 122 Å². The van der Waals surface area contributed by atoms with Gasteiger partial charge < -0.3 is 34.3 Å². The predicted octanol–water partition coefficient (Wildman–Crippen LogP) is 10.9. The van der Waals surface area contributed by atoms with E-state index in [2.05, 4.69) is 115 Å². The number of carbonyl (C=O) groups is 2. The quantitative estimate of drug-likeness (QED) is 0.0358. The van der Waals surface area contributed by atoms with Crippen LogP contribution in [0, 0.1) is 29.6 Å². The molecule has 4 N–H and O–H groups in total. The van der Waals surface area contributed by atoms with Gasteiger partial charge in [-0.3, -0.25) is 4.79 Å². The number of carbonyl (C=O) groups excluding carboxylic acids is 2. The van der Waals surface area contributed by atoms with Crippen LogP contribution in [0.4, 0.5) is 4.79 Å². The fourth-order valence-corrected chi connectivity index (χ4v) is 9.63. The lowest BCUT2D eigenvalue weighted by Crippen LogP contribution is -2.50. The molecule has 0 heterocycles. The second-order valence-corrected chi connectivity index (χ2v) is 28.9. The van der Waals surface area contributed by atoms with Gasteiger partial charge in [-0.2, -0.15) is 0 Å². The minimum Gasteiger partial charge on any atom is -0.466 e. The van der Waals surface area contributed by atoms with Crippen LogP contribution in [0.2, 0.25) is 36.3 Å². The third-order valence-corrected chi connectivity index (χ3v) is 20.9. The number of aliphatic hydroxyl groups excluding tert-OH is 2. The zero-order valence-electron chi connectivity index (χ0n) is 38.6. The molecular weight excluding hydrogens is 739 g/mol. The number of hydrogen-bond acceptors (Lipinski definition) is 8. The summed E-state index contributed by atoms with van der Waals surface area (Å²) < 4.78 is 25.1. The van der Waals surface area contributed by atoms with Gasteiger partial charge in [0.25, 0.3) is 0 Å². The molecule has 0 bridgehead atoms. The second-order valence-electron chi connectivity index (χ2n) is 19.4. The molecule has 0 aliphatic rings. The van der Waals surface area contributed by atoms with Crippen LogP contribution >= 0.6 is 0 Å². The van der Waals surface area contributed by atoms with Crippen LogP contribution in [-0.2, 0) is 23.1 Å². The van der Waals surface area contributed by atoms with Crippen molar-refractivity contribution in [2.75, 3.05) is 6.61 Å². The first-order chi connectivity index (χ1) is 25.5. The highest BCUT2D eigenvalue weighted by molar-refractivity contribution is 6.74. The molecule has 0 aromatic rings. The molecule has 0 aliphatic heterocycles. The number of ether oxygens (including phenoxy) is 2. The number of aliphatic hydroxyl groups is 2. The Morgan fingerprint density at radius 1 is 0.804 bits per heavy atom. The van der Waals surface area contributed by atoms with Crippen molar-refractivity contribution in [2.45, 2.75) is 189 Å². The van der Waals surface area contributed by atoms with Crippen molar-refractivity contribution in [3.63, 3.8) is 0 Å². The van der Waals surface area contributed by atoms with Gasteiger partial charge >= 0.3 is 12.1 Å². The largest absolute Gasteiger partial charge is 0.466 e. The van der Waals surface area contributed by atoms with E-state index in [1.807, 2.05) is 25.2 Å². The summed E-state index contributed by atoms with van der Waals surface area (Å²) in [4.78, 5) is 23.8. The number of nitrogens with two attached hydrogens (primary N) is 1. The second kappa shape index (κ2) is 24.2. The molecule has 0 radical (unpaired) electrons. The van der Waals surface area contributed by atoms with E-state index in [9.17, 15) is 19.8 Å². The molecule has 56 heavy (non-hydrogen) atoms. The minimum atomic E-state index is -2.25. The number of rotatable bonds is 25. The first kappa shape index (κ1) is 54.0. The average molecular weight is 824 g/mol. The van der Waals surface area contributed by atoms with E-state index in [0.717, 1.165) is 6.42 Å². The van der Waals surface area contributed by atoms with E-state index < -0.39 is 41.0 Å². The Labute approximate surface area is 345 Å². The van der Waals surface area contributed by atoms with Gasteiger partial charge in [0.1, 0.15) is 6.10 Å². The number of hydrogen-bond donors (Lipinski definition) is 3. The Morgan fingerprint density at radius 2 is 1.32 bits per heavy atom. The van der Waals surface area contributed by atoms with Gasteiger partial charge in [0.15, 0.2) is 16.6 Å². The van der Waals surface area contributed by atoms with E-state index in [0.29, 0.717) is 19.4 Å². The molecule has 326 valence electrons. The molecule has 0 spiro atoms. The SMILES string of the molecule is C=CC=CC(C)C(OC(N)=O)C(C)C(O[Si](C)(C)C(C)(C)C)C(C)CC(C)=CC(C)C(O[Si](C)(C)C(C)(C)C)C(C)C=CC(O)CC(O)CCCC(=O)OCC. The summed E-state index contributed by atoms with van der Waals surface area (Å²) in [7, 11) is -4.44. The van der Waals surface area contributed by atoms with E-state index in [1.165, 1.54) is 5.57 Å². The number of allylic oxidation sites excluding steroid dienone is 3. The molecule has 0 aromatic heterocycles. The van der Waals surface area contributed by atoms with Gasteiger partial charge in [-0.05, 0) is 87.1 Å². The lowest BCUT2D eigenvalue weighted by molar-refractivity contribution is -0.143. The smallest absolute Gasteiger partial charge is 0.404 e. The molecule has 0 saturated carbocycles. The van der Waals surface area contributed by atoms with Crippen molar-refractivity contribution in [3.05, 3.63) is 48.6 Å². The standard InChI is InChI=1S/C45H85NO8Si2/c1-19-21-23-32(4)41(52-43(46)50)36(8)42(54-56(17,18)45(12,13)14)35(7)29-31(3)28-34(6)40(53-55(15,16)44(9,10)11)33(5)26-27-38(48)30-37(47)24-22-25-39(49)51-20-2/h19,21,23,26-28,32-38,40-42,47-48H,1,20,22,24-25,29-30H2,2-18H3,(H2,46,50). The Kier molecular flexibility index (Phi) is 23.3. The summed E-state index contributed by atoms with van der Waals surface area (Å²) in [6, 6.07) is 0. The number of primary amides is 1. The topological polar surface area (TPSA) is 138 Å². The monoisotopic (exact) mass is 824 g/mol. The summed E-state index contributed by atoms with van der Waals surface area (Å²) in [6.45, 7) is 41.3. The van der Waals surface area contributed by atoms with Crippen LogP contribution < -0.4 is 5.73 Å². The van der Waals surface area contributed by atoms with Crippen LogP contribution in [0.3, 0.4) is 0 Å². The van der Waals surface area contributed by atoms with E-state index >= 15 is 0 Å². The molecule has 11 heteroatoms. The molecule has 0 fully saturated rings. The first-order valence-electron chi connectivity index (χ1n) is 21.0. The summed E-state index contributed by atoms with van der Waals surface area (Å²) in [5.41, 5.74) is 6.84.